The fourth-order valence-electron chi connectivity index (χ4n) is 6.33. The molecule has 2 atom stereocenters. The topological polar surface area (TPSA) is 123 Å². The summed E-state index contributed by atoms with van der Waals surface area (Å²) < 4.78 is 61.4. The molecule has 0 bridgehead atoms. The second kappa shape index (κ2) is 12.1. The lowest BCUT2D eigenvalue weighted by Crippen LogP contribution is -2.62. The first-order valence-corrected chi connectivity index (χ1v) is 15.6. The molecule has 2 heterocycles. The molecular formula is C32H34FN3O8S. The van der Waals surface area contributed by atoms with Gasteiger partial charge in [0.2, 0.25) is 5.91 Å². The van der Waals surface area contributed by atoms with Crippen LogP contribution in [-0.4, -0.2) is 84.3 Å². The van der Waals surface area contributed by atoms with Gasteiger partial charge in [-0.1, -0.05) is 6.42 Å². The van der Waals surface area contributed by atoms with Gasteiger partial charge in [0.25, 0.3) is 15.9 Å². The number of fused-ring (bicyclic) bond motifs is 1. The van der Waals surface area contributed by atoms with Gasteiger partial charge in [-0.05, 0) is 61.4 Å². The van der Waals surface area contributed by atoms with Gasteiger partial charge >= 0.3 is 0 Å². The number of benzene rings is 3. The molecule has 3 aromatic rings. The number of carbonyl (C=O) groups excluding carboxylic acids is 3. The monoisotopic (exact) mass is 639 g/mol. The quantitative estimate of drug-likeness (QED) is 0.323. The van der Waals surface area contributed by atoms with E-state index < -0.39 is 33.3 Å². The summed E-state index contributed by atoms with van der Waals surface area (Å²) in [5.74, 6) is -1.65. The van der Waals surface area contributed by atoms with Crippen molar-refractivity contribution in [2.45, 2.75) is 35.7 Å². The number of carbonyl (C=O) groups is 3. The number of anilines is 1. The third-order valence-electron chi connectivity index (χ3n) is 8.36. The first-order chi connectivity index (χ1) is 21.5. The van der Waals surface area contributed by atoms with E-state index in [1.54, 1.807) is 19.0 Å². The molecule has 1 saturated heterocycles. The summed E-state index contributed by atoms with van der Waals surface area (Å²) in [6.07, 6.45) is 2.16. The summed E-state index contributed by atoms with van der Waals surface area (Å²) >= 11 is 0. The molecule has 3 aromatic carbocycles. The van der Waals surface area contributed by atoms with Crippen LogP contribution in [0, 0.1) is 5.82 Å². The molecular weight excluding hydrogens is 605 g/mol. The number of amides is 2. The summed E-state index contributed by atoms with van der Waals surface area (Å²) in [5.41, 5.74) is -1.95. The van der Waals surface area contributed by atoms with E-state index in [-0.39, 0.29) is 51.2 Å². The van der Waals surface area contributed by atoms with E-state index in [4.69, 9.17) is 14.2 Å². The van der Waals surface area contributed by atoms with E-state index in [1.807, 2.05) is 0 Å². The molecule has 238 valence electrons. The van der Waals surface area contributed by atoms with Gasteiger partial charge in [0, 0.05) is 43.4 Å². The van der Waals surface area contributed by atoms with Crippen molar-refractivity contribution in [2.75, 3.05) is 46.3 Å². The van der Waals surface area contributed by atoms with Crippen molar-refractivity contribution in [1.82, 2.24) is 9.80 Å². The van der Waals surface area contributed by atoms with Crippen LogP contribution in [0.2, 0.25) is 0 Å². The van der Waals surface area contributed by atoms with Crippen LogP contribution >= 0.6 is 0 Å². The standard InChI is InChI=1S/C32H34FN3O8S/c1-34(2)30(38)26-8-6-7-15-35(26)32(24-16-20(19-37)9-13-27(24)43-4)23-17-21(33)10-12-25(23)36(31(32)39)45(40,41)29-14-11-22(42-3)18-28(29)44-5/h9-14,16-19,26H,6-8,15H2,1-5H3/t26-,32?/m0/s1. The van der Waals surface area contributed by atoms with Crippen LogP contribution in [0.25, 0.3) is 0 Å². The number of hydrogen-bond acceptors (Lipinski definition) is 9. The summed E-state index contributed by atoms with van der Waals surface area (Å²) in [6, 6.07) is 11.0. The Kier molecular flexibility index (Phi) is 8.60. The van der Waals surface area contributed by atoms with Crippen molar-refractivity contribution in [3.63, 3.8) is 0 Å². The number of likely N-dealkylation sites (N-methyl/N-ethyl adjacent to an activating group) is 1. The van der Waals surface area contributed by atoms with Crippen LogP contribution in [-0.2, 0) is 25.2 Å². The predicted octanol–water partition coefficient (Wildman–Crippen LogP) is 3.59. The first-order valence-electron chi connectivity index (χ1n) is 14.2. The SMILES string of the molecule is COc1ccc(S(=O)(=O)N2C(=O)C(c3cc(C=O)ccc3OC)(N3CCCC[C@H]3C(=O)N(C)C)c3cc(F)ccc32)c(OC)c1. The fraction of sp³-hybridized carbons (Fsp3) is 0.344. The highest BCUT2D eigenvalue weighted by Gasteiger charge is 2.62. The highest BCUT2D eigenvalue weighted by molar-refractivity contribution is 7.93. The second-order valence-corrected chi connectivity index (χ2v) is 12.7. The lowest BCUT2D eigenvalue weighted by atomic mass is 9.78. The highest BCUT2D eigenvalue weighted by Crippen LogP contribution is 2.54. The van der Waals surface area contributed by atoms with Crippen molar-refractivity contribution in [1.29, 1.82) is 0 Å². The van der Waals surface area contributed by atoms with Gasteiger partial charge in [0.05, 0.1) is 33.1 Å². The van der Waals surface area contributed by atoms with Gasteiger partial charge in [0.1, 0.15) is 34.2 Å². The average Bonchev–Trinajstić information content (AvgIpc) is 3.31. The molecule has 0 aliphatic carbocycles. The summed E-state index contributed by atoms with van der Waals surface area (Å²) in [5, 5.41) is 0. The van der Waals surface area contributed by atoms with Crippen LogP contribution < -0.4 is 18.5 Å². The Morgan fingerprint density at radius 3 is 2.33 bits per heavy atom. The average molecular weight is 640 g/mol. The molecule has 0 spiro atoms. The van der Waals surface area contributed by atoms with Gasteiger partial charge in [0.15, 0.2) is 5.54 Å². The molecule has 1 unspecified atom stereocenters. The van der Waals surface area contributed by atoms with E-state index in [9.17, 15) is 18.0 Å². The number of nitrogens with zero attached hydrogens (tertiary/aromatic N) is 3. The summed E-state index contributed by atoms with van der Waals surface area (Å²) in [4.78, 5) is 43.7. The minimum absolute atomic E-state index is 0.0108. The minimum atomic E-state index is -4.74. The van der Waals surface area contributed by atoms with E-state index in [0.29, 0.717) is 35.6 Å². The van der Waals surface area contributed by atoms with Crippen LogP contribution in [0.15, 0.2) is 59.5 Å². The number of aldehydes is 1. The number of likely N-dealkylation sites (tertiary alicyclic amines) is 1. The maximum Gasteiger partial charge on any atom is 0.274 e. The molecule has 0 saturated carbocycles. The van der Waals surface area contributed by atoms with Crippen molar-refractivity contribution in [3.8, 4) is 17.2 Å². The summed E-state index contributed by atoms with van der Waals surface area (Å²) in [7, 11) is 2.51. The van der Waals surface area contributed by atoms with Gasteiger partial charge in [-0.3, -0.25) is 19.3 Å². The van der Waals surface area contributed by atoms with E-state index in [0.717, 1.165) is 12.1 Å². The van der Waals surface area contributed by atoms with Crippen molar-refractivity contribution in [2.24, 2.45) is 0 Å². The zero-order chi connectivity index (χ0) is 32.7. The normalized spacial score (nSPS) is 20.0. The number of halogens is 1. The van der Waals surface area contributed by atoms with E-state index in [1.165, 1.54) is 68.7 Å². The lowest BCUT2D eigenvalue weighted by molar-refractivity contribution is -0.142. The molecule has 2 aliphatic rings. The molecule has 2 amide bonds. The number of piperidine rings is 1. The van der Waals surface area contributed by atoms with Crippen molar-refractivity contribution >= 4 is 33.8 Å². The van der Waals surface area contributed by atoms with Crippen LogP contribution in [0.4, 0.5) is 10.1 Å². The molecule has 11 nitrogen and oxygen atoms in total. The van der Waals surface area contributed by atoms with Crippen LogP contribution in [0.1, 0.15) is 40.7 Å². The molecule has 0 N–H and O–H groups in total. The molecule has 0 radical (unpaired) electrons. The highest BCUT2D eigenvalue weighted by atomic mass is 32.2. The lowest BCUT2D eigenvalue weighted by Gasteiger charge is -2.47. The largest absolute Gasteiger partial charge is 0.497 e. The molecule has 13 heteroatoms. The third-order valence-corrected chi connectivity index (χ3v) is 10.1. The predicted molar refractivity (Wildman–Crippen MR) is 163 cm³/mol. The number of methoxy groups -OCH3 is 3. The van der Waals surface area contributed by atoms with Crippen molar-refractivity contribution in [3.05, 3.63) is 77.1 Å². The molecule has 45 heavy (non-hydrogen) atoms. The zero-order valence-electron chi connectivity index (χ0n) is 25.6. The number of sulfonamides is 1. The Labute approximate surface area is 261 Å². The number of hydrogen-bond donors (Lipinski definition) is 0. The van der Waals surface area contributed by atoms with Crippen molar-refractivity contribution < 1.29 is 41.4 Å². The third kappa shape index (κ3) is 4.99. The Bertz CT molecular complexity index is 1780. The maximum absolute atomic E-state index is 15.3. The second-order valence-electron chi connectivity index (χ2n) is 11.0. The van der Waals surface area contributed by atoms with Crippen LogP contribution in [0.5, 0.6) is 17.2 Å². The summed E-state index contributed by atoms with van der Waals surface area (Å²) in [6.45, 7) is 0.181. The van der Waals surface area contributed by atoms with Gasteiger partial charge in [-0.15, -0.1) is 0 Å². The Morgan fingerprint density at radius 1 is 0.956 bits per heavy atom. The molecule has 5 rings (SSSR count). The van der Waals surface area contributed by atoms with Crippen LogP contribution in [0.3, 0.4) is 0 Å². The fourth-order valence-corrected chi connectivity index (χ4v) is 7.94. The smallest absolute Gasteiger partial charge is 0.274 e. The van der Waals surface area contributed by atoms with E-state index in [2.05, 4.69) is 0 Å². The molecule has 2 aliphatic heterocycles. The maximum atomic E-state index is 15.3. The minimum Gasteiger partial charge on any atom is -0.497 e. The Morgan fingerprint density at radius 2 is 1.69 bits per heavy atom. The van der Waals surface area contributed by atoms with Gasteiger partial charge < -0.3 is 19.1 Å². The van der Waals surface area contributed by atoms with Gasteiger partial charge in [-0.25, -0.2) is 17.1 Å². The van der Waals surface area contributed by atoms with Gasteiger partial charge in [-0.2, -0.15) is 0 Å². The number of ether oxygens (including phenoxy) is 3. The number of rotatable bonds is 9. The molecule has 1 fully saturated rings. The first kappa shape index (κ1) is 31.9. The Balaban J connectivity index is 1.90. The van der Waals surface area contributed by atoms with E-state index >= 15 is 9.18 Å². The Hall–Kier alpha value is -4.49. The molecule has 0 aromatic heterocycles. The zero-order valence-corrected chi connectivity index (χ0v) is 26.4.